The van der Waals surface area contributed by atoms with Crippen molar-refractivity contribution < 1.29 is 13.9 Å². The third-order valence-electron chi connectivity index (χ3n) is 2.51. The highest BCUT2D eigenvalue weighted by Gasteiger charge is 2.10. The Kier molecular flexibility index (Phi) is 4.76. The zero-order valence-corrected chi connectivity index (χ0v) is 12.1. The van der Waals surface area contributed by atoms with Gasteiger partial charge in [-0.3, -0.25) is 4.79 Å². The first kappa shape index (κ1) is 13.8. The maximum atomic E-state index is 11.9. The van der Waals surface area contributed by atoms with E-state index in [1.54, 1.807) is 19.2 Å². The van der Waals surface area contributed by atoms with Crippen LogP contribution < -0.4 is 5.32 Å². The van der Waals surface area contributed by atoms with Gasteiger partial charge in [0.25, 0.3) is 5.91 Å². The van der Waals surface area contributed by atoms with Crippen LogP contribution in [0.4, 0.5) is 0 Å². The molecule has 19 heavy (non-hydrogen) atoms. The molecule has 0 unspecified atom stereocenters. The Balaban J connectivity index is 1.93. The van der Waals surface area contributed by atoms with E-state index in [4.69, 9.17) is 9.15 Å². The number of hydrogen-bond donors (Lipinski definition) is 1. The lowest BCUT2D eigenvalue weighted by molar-refractivity contribution is 0.0914. The summed E-state index contributed by atoms with van der Waals surface area (Å²) in [6.07, 6.45) is 0. The molecule has 1 amide bonds. The summed E-state index contributed by atoms with van der Waals surface area (Å²) in [6.45, 7) is 0.817. The standard InChI is InChI=1S/C14H14BrNO3/c1-18-9-12-5-6-13(19-12)14(17)16-8-10-3-2-4-11(15)7-10/h2-7H,8-9H2,1H3,(H,16,17). The van der Waals surface area contributed by atoms with Crippen LogP contribution in [0.15, 0.2) is 45.3 Å². The molecule has 0 atom stereocenters. The molecule has 0 spiro atoms. The number of nitrogens with one attached hydrogen (secondary N) is 1. The predicted molar refractivity (Wildman–Crippen MR) is 74.7 cm³/mol. The van der Waals surface area contributed by atoms with Crippen molar-refractivity contribution >= 4 is 21.8 Å². The van der Waals surface area contributed by atoms with Crippen LogP contribution in [-0.2, 0) is 17.9 Å². The number of methoxy groups -OCH3 is 1. The molecule has 0 bridgehead atoms. The van der Waals surface area contributed by atoms with Crippen LogP contribution in [0.1, 0.15) is 21.9 Å². The van der Waals surface area contributed by atoms with Gasteiger partial charge in [0, 0.05) is 18.1 Å². The summed E-state index contributed by atoms with van der Waals surface area (Å²) in [5.41, 5.74) is 1.02. The number of ether oxygens (including phenoxy) is 1. The van der Waals surface area contributed by atoms with Crippen molar-refractivity contribution in [1.82, 2.24) is 5.32 Å². The van der Waals surface area contributed by atoms with E-state index in [1.807, 2.05) is 24.3 Å². The molecule has 5 heteroatoms. The fourth-order valence-electron chi connectivity index (χ4n) is 1.64. The second kappa shape index (κ2) is 6.54. The molecule has 0 saturated carbocycles. The summed E-state index contributed by atoms with van der Waals surface area (Å²) in [7, 11) is 1.58. The Morgan fingerprint density at radius 3 is 2.95 bits per heavy atom. The first-order valence-corrected chi connectivity index (χ1v) is 6.58. The van der Waals surface area contributed by atoms with Crippen LogP contribution in [0.25, 0.3) is 0 Å². The fraction of sp³-hybridized carbons (Fsp3) is 0.214. The fourth-order valence-corrected chi connectivity index (χ4v) is 2.08. The van der Waals surface area contributed by atoms with Crippen molar-refractivity contribution in [3.63, 3.8) is 0 Å². The van der Waals surface area contributed by atoms with Gasteiger partial charge in [-0.2, -0.15) is 0 Å². The third kappa shape index (κ3) is 3.94. The molecule has 4 nitrogen and oxygen atoms in total. The van der Waals surface area contributed by atoms with Gasteiger partial charge in [0.05, 0.1) is 0 Å². The van der Waals surface area contributed by atoms with Crippen LogP contribution in [0.2, 0.25) is 0 Å². The minimum atomic E-state index is -0.234. The topological polar surface area (TPSA) is 51.5 Å². The number of furan rings is 1. The molecule has 0 aliphatic heterocycles. The number of amides is 1. The molecule has 0 saturated heterocycles. The smallest absolute Gasteiger partial charge is 0.287 e. The second-order valence-corrected chi connectivity index (χ2v) is 4.93. The van der Waals surface area contributed by atoms with Crippen molar-refractivity contribution in [2.75, 3.05) is 7.11 Å². The molecular weight excluding hydrogens is 310 g/mol. The molecule has 1 heterocycles. The van der Waals surface area contributed by atoms with Gasteiger partial charge in [0.2, 0.25) is 0 Å². The lowest BCUT2D eigenvalue weighted by Gasteiger charge is -2.04. The van der Waals surface area contributed by atoms with Crippen LogP contribution in [0, 0.1) is 0 Å². The molecule has 1 aromatic heterocycles. The van der Waals surface area contributed by atoms with Gasteiger partial charge in [0.15, 0.2) is 5.76 Å². The SMILES string of the molecule is COCc1ccc(C(=O)NCc2cccc(Br)c2)o1. The molecule has 0 radical (unpaired) electrons. The average molecular weight is 324 g/mol. The van der Waals surface area contributed by atoms with E-state index in [1.165, 1.54) is 0 Å². The predicted octanol–water partition coefficient (Wildman–Crippen LogP) is 3.12. The minimum absolute atomic E-state index is 0.234. The van der Waals surface area contributed by atoms with Gasteiger partial charge in [-0.25, -0.2) is 0 Å². The molecule has 2 aromatic rings. The van der Waals surface area contributed by atoms with Crippen molar-refractivity contribution in [1.29, 1.82) is 0 Å². The number of hydrogen-bond acceptors (Lipinski definition) is 3. The first-order valence-electron chi connectivity index (χ1n) is 5.79. The van der Waals surface area contributed by atoms with E-state index in [0.29, 0.717) is 24.7 Å². The lowest BCUT2D eigenvalue weighted by atomic mass is 10.2. The van der Waals surface area contributed by atoms with Crippen LogP contribution in [0.5, 0.6) is 0 Å². The molecule has 0 aliphatic rings. The number of halogens is 1. The Labute approximate surface area is 119 Å². The largest absolute Gasteiger partial charge is 0.453 e. The van der Waals surface area contributed by atoms with E-state index >= 15 is 0 Å². The normalized spacial score (nSPS) is 10.4. The summed E-state index contributed by atoms with van der Waals surface area (Å²) >= 11 is 3.39. The van der Waals surface area contributed by atoms with Crippen molar-refractivity contribution in [2.45, 2.75) is 13.2 Å². The van der Waals surface area contributed by atoms with E-state index in [0.717, 1.165) is 10.0 Å². The average Bonchev–Trinajstić information content (AvgIpc) is 2.85. The Bertz CT molecular complexity index is 565. The molecule has 1 N–H and O–H groups in total. The van der Waals surface area contributed by atoms with E-state index in [2.05, 4.69) is 21.2 Å². The van der Waals surface area contributed by atoms with E-state index in [9.17, 15) is 4.79 Å². The number of carbonyl (C=O) groups is 1. The summed E-state index contributed by atoms with van der Waals surface area (Å²) in [4.78, 5) is 11.9. The number of carbonyl (C=O) groups excluding carboxylic acids is 1. The van der Waals surface area contributed by atoms with Gasteiger partial charge in [-0.15, -0.1) is 0 Å². The molecule has 2 rings (SSSR count). The van der Waals surface area contributed by atoms with Gasteiger partial charge in [-0.05, 0) is 29.8 Å². The molecule has 100 valence electrons. The van der Waals surface area contributed by atoms with Crippen LogP contribution in [0.3, 0.4) is 0 Å². The third-order valence-corrected chi connectivity index (χ3v) is 3.01. The van der Waals surface area contributed by atoms with Crippen molar-refractivity contribution in [2.24, 2.45) is 0 Å². The highest BCUT2D eigenvalue weighted by molar-refractivity contribution is 9.10. The van der Waals surface area contributed by atoms with Crippen molar-refractivity contribution in [3.8, 4) is 0 Å². The maximum absolute atomic E-state index is 11.9. The Morgan fingerprint density at radius 1 is 1.37 bits per heavy atom. The second-order valence-electron chi connectivity index (χ2n) is 4.01. The zero-order valence-electron chi connectivity index (χ0n) is 10.5. The monoisotopic (exact) mass is 323 g/mol. The highest BCUT2D eigenvalue weighted by Crippen LogP contribution is 2.12. The molecule has 1 aromatic carbocycles. The van der Waals surface area contributed by atoms with Gasteiger partial charge < -0.3 is 14.5 Å². The number of benzene rings is 1. The first-order chi connectivity index (χ1) is 9.19. The molecular formula is C14H14BrNO3. The van der Waals surface area contributed by atoms with E-state index in [-0.39, 0.29) is 5.91 Å². The minimum Gasteiger partial charge on any atom is -0.453 e. The Hall–Kier alpha value is -1.59. The van der Waals surface area contributed by atoms with Gasteiger partial charge in [0.1, 0.15) is 12.4 Å². The summed E-state index contributed by atoms with van der Waals surface area (Å²) in [5.74, 6) is 0.694. The molecule has 0 aliphatic carbocycles. The summed E-state index contributed by atoms with van der Waals surface area (Å²) < 4.78 is 11.3. The summed E-state index contributed by atoms with van der Waals surface area (Å²) in [5, 5.41) is 2.80. The molecule has 0 fully saturated rings. The van der Waals surface area contributed by atoms with Gasteiger partial charge >= 0.3 is 0 Å². The van der Waals surface area contributed by atoms with Crippen molar-refractivity contribution in [3.05, 3.63) is 58.0 Å². The lowest BCUT2D eigenvalue weighted by Crippen LogP contribution is -2.22. The van der Waals surface area contributed by atoms with Crippen LogP contribution in [-0.4, -0.2) is 13.0 Å². The zero-order chi connectivity index (χ0) is 13.7. The highest BCUT2D eigenvalue weighted by atomic mass is 79.9. The van der Waals surface area contributed by atoms with Gasteiger partial charge in [-0.1, -0.05) is 28.1 Å². The Morgan fingerprint density at radius 2 is 2.21 bits per heavy atom. The quantitative estimate of drug-likeness (QED) is 0.919. The van der Waals surface area contributed by atoms with Crippen LogP contribution >= 0.6 is 15.9 Å². The summed E-state index contributed by atoms with van der Waals surface area (Å²) in [6, 6.07) is 11.1. The van der Waals surface area contributed by atoms with E-state index < -0.39 is 0 Å². The maximum Gasteiger partial charge on any atom is 0.287 e. The number of rotatable bonds is 5.